The predicted molar refractivity (Wildman–Crippen MR) is 329 cm³/mol. The van der Waals surface area contributed by atoms with Crippen molar-refractivity contribution in [3.8, 4) is 0 Å². The third-order valence-corrected chi connectivity index (χ3v) is 11.7. The highest BCUT2D eigenvalue weighted by Gasteiger charge is 2.25. The number of hydrogen-bond acceptors (Lipinski definition) is 8. The summed E-state index contributed by atoms with van der Waals surface area (Å²) in [5, 5.41) is 0. The second-order valence-corrected chi connectivity index (χ2v) is 19.2. The summed E-state index contributed by atoms with van der Waals surface area (Å²) in [6, 6.07) is 0. The van der Waals surface area contributed by atoms with Gasteiger partial charge in [0.25, 0.3) is 0 Å². The molecule has 0 aromatic rings. The van der Waals surface area contributed by atoms with Crippen molar-refractivity contribution in [1.82, 2.24) is 0 Å². The highest BCUT2D eigenvalue weighted by molar-refractivity contribution is 7.47. The summed E-state index contributed by atoms with van der Waals surface area (Å²) in [7, 11) is -4.43. The molecule has 0 bridgehead atoms. The first kappa shape index (κ1) is 71.6. The van der Waals surface area contributed by atoms with Crippen LogP contribution in [-0.4, -0.2) is 49.3 Å². The maximum Gasteiger partial charge on any atom is 0.472 e. The number of phosphoric ester groups is 1. The Morgan fingerprint density at radius 3 is 1.05 bits per heavy atom. The summed E-state index contributed by atoms with van der Waals surface area (Å²) in [5.41, 5.74) is 5.36. The van der Waals surface area contributed by atoms with Crippen LogP contribution in [0.4, 0.5) is 0 Å². The van der Waals surface area contributed by atoms with Crippen LogP contribution in [0.2, 0.25) is 0 Å². The quantitative estimate of drug-likeness (QED) is 0.0264. The number of rotatable bonds is 50. The minimum Gasteiger partial charge on any atom is -0.461 e. The van der Waals surface area contributed by atoms with Crippen LogP contribution >= 0.6 is 7.82 Å². The third kappa shape index (κ3) is 59.7. The maximum absolute atomic E-state index is 12.7. The average Bonchev–Trinajstić information content (AvgIpc) is 3.42. The largest absolute Gasteiger partial charge is 0.472 e. The minimum absolute atomic E-state index is 0.0256. The van der Waals surface area contributed by atoms with E-state index in [1.807, 2.05) is 12.2 Å². The summed E-state index contributed by atoms with van der Waals surface area (Å²) < 4.78 is 32.8. The Kier molecular flexibility index (Phi) is 55.6. The normalized spacial score (nSPS) is 14.6. The van der Waals surface area contributed by atoms with Gasteiger partial charge in [0.15, 0.2) is 6.10 Å². The summed E-state index contributed by atoms with van der Waals surface area (Å²) in [6.45, 7) is 3.32. The molecule has 2 atom stereocenters. The van der Waals surface area contributed by atoms with Crippen molar-refractivity contribution in [2.45, 2.75) is 174 Å². The molecule has 0 spiro atoms. The van der Waals surface area contributed by atoms with Gasteiger partial charge < -0.3 is 20.1 Å². The van der Waals surface area contributed by atoms with E-state index in [0.717, 1.165) is 128 Å². The van der Waals surface area contributed by atoms with Crippen LogP contribution < -0.4 is 5.73 Å². The lowest BCUT2D eigenvalue weighted by molar-refractivity contribution is -0.160. The molecule has 0 fully saturated rings. The fourth-order valence-electron chi connectivity index (χ4n) is 6.57. The Labute approximate surface area is 468 Å². The first-order valence-electron chi connectivity index (χ1n) is 28.6. The number of nitrogens with two attached hydrogens (primary N) is 1. The van der Waals surface area contributed by atoms with Gasteiger partial charge in [0, 0.05) is 13.0 Å². The number of phosphoric acid groups is 1. The molecule has 0 radical (unpaired) electrons. The monoisotopic (exact) mass is 1080 g/mol. The van der Waals surface area contributed by atoms with Crippen LogP contribution in [0.1, 0.15) is 168 Å². The van der Waals surface area contributed by atoms with Gasteiger partial charge in [-0.2, -0.15) is 0 Å². The van der Waals surface area contributed by atoms with E-state index < -0.39 is 32.5 Å². The van der Waals surface area contributed by atoms with Gasteiger partial charge in [0.2, 0.25) is 0 Å². The molecular weight excluding hydrogens is 978 g/mol. The number of unbranched alkanes of at least 4 members (excludes halogenated alkanes) is 4. The standard InChI is InChI=1S/C67H100NO8P/c1-3-5-7-9-11-13-15-17-19-20-21-22-23-24-25-26-27-28-29-30-31-32-33-34-35-36-37-38-39-40-41-42-43-44-46-48-50-52-54-56-58-60-67(70)76-65(64-75-77(71,72)74-62-61-68)63-73-66(69)59-57-55-53-51-49-47-45-18-16-14-12-10-8-6-4-2/h5-8,11-14,17-19,21-22,24-25,27-28,30-31,33-34,36-37,39-40,42-43,45-46,48-49,51,55,57,65H,3-4,9-10,15-16,20,23,26,29,32,35,38,41,44,47,50,52-54,56,58-64,68H2,1-2H3,(H,71,72)/b7-5-,8-6-,13-11-,14-12-,19-17-,22-21-,25-24-,28-27-,31-30-,34-33-,37-36-,40-39-,43-42-,45-18-,48-46-,51-49-,57-55-. The SMILES string of the molecule is CC/C=C\C/C=C\C/C=C\C/C=C\C/C=C\C/C=C\C/C=C\C/C=C\C/C=C\C/C=C\C/C=C\C/C=C\CCCCCCC(=O)OC(COC(=O)C/C=C\C/C=C\C/C=C\C/C=C\C/C=C\CC)COP(=O)(O)OCCN. The summed E-state index contributed by atoms with van der Waals surface area (Å²) in [5.74, 6) is -1.03. The van der Waals surface area contributed by atoms with Gasteiger partial charge in [0.05, 0.1) is 19.6 Å². The highest BCUT2D eigenvalue weighted by atomic mass is 31.2. The first-order valence-corrected chi connectivity index (χ1v) is 30.1. The molecule has 0 aliphatic rings. The molecule has 77 heavy (non-hydrogen) atoms. The van der Waals surface area contributed by atoms with E-state index >= 15 is 0 Å². The van der Waals surface area contributed by atoms with Crippen molar-refractivity contribution in [2.75, 3.05) is 26.4 Å². The van der Waals surface area contributed by atoms with Crippen molar-refractivity contribution in [3.63, 3.8) is 0 Å². The topological polar surface area (TPSA) is 134 Å². The third-order valence-electron chi connectivity index (χ3n) is 10.7. The number of carbonyl (C=O) groups excluding carboxylic acids is 2. The van der Waals surface area contributed by atoms with Gasteiger partial charge in [-0.05, 0) is 128 Å². The zero-order valence-electron chi connectivity index (χ0n) is 47.3. The molecular formula is C67H100NO8P. The van der Waals surface area contributed by atoms with Crippen molar-refractivity contribution in [3.05, 3.63) is 207 Å². The molecule has 0 aliphatic carbocycles. The Morgan fingerprint density at radius 1 is 0.403 bits per heavy atom. The van der Waals surface area contributed by atoms with Crippen molar-refractivity contribution < 1.29 is 37.6 Å². The number of allylic oxidation sites excluding steroid dienone is 33. The maximum atomic E-state index is 12.7. The lowest BCUT2D eigenvalue weighted by Gasteiger charge is -2.19. The molecule has 0 heterocycles. The second-order valence-electron chi connectivity index (χ2n) is 17.7. The number of ether oxygens (including phenoxy) is 2. The Balaban J connectivity index is 4.14. The van der Waals surface area contributed by atoms with Gasteiger partial charge in [-0.1, -0.05) is 233 Å². The lowest BCUT2D eigenvalue weighted by Crippen LogP contribution is -2.29. The van der Waals surface area contributed by atoms with Crippen molar-refractivity contribution >= 4 is 19.8 Å². The van der Waals surface area contributed by atoms with Crippen molar-refractivity contribution in [1.29, 1.82) is 0 Å². The van der Waals surface area contributed by atoms with Crippen LogP contribution in [0.3, 0.4) is 0 Å². The molecule has 0 rings (SSSR count). The smallest absolute Gasteiger partial charge is 0.461 e. The molecule has 0 aromatic carbocycles. The molecule has 3 N–H and O–H groups in total. The van der Waals surface area contributed by atoms with E-state index in [2.05, 4.69) is 202 Å². The zero-order chi connectivity index (χ0) is 55.9. The average molecular weight is 1080 g/mol. The summed E-state index contributed by atoms with van der Waals surface area (Å²) in [4.78, 5) is 35.0. The summed E-state index contributed by atoms with van der Waals surface area (Å²) >= 11 is 0. The highest BCUT2D eigenvalue weighted by Crippen LogP contribution is 2.43. The van der Waals surface area contributed by atoms with Crippen molar-refractivity contribution in [2.24, 2.45) is 5.73 Å². The number of hydrogen-bond donors (Lipinski definition) is 2. The van der Waals surface area contributed by atoms with Crippen LogP contribution in [0, 0.1) is 0 Å². The Hall–Kier alpha value is -5.41. The van der Waals surface area contributed by atoms with Gasteiger partial charge >= 0.3 is 19.8 Å². The Morgan fingerprint density at radius 2 is 0.714 bits per heavy atom. The number of carbonyl (C=O) groups is 2. The molecule has 2 unspecified atom stereocenters. The molecule has 0 aliphatic heterocycles. The molecule has 0 saturated carbocycles. The molecule has 0 aromatic heterocycles. The first-order chi connectivity index (χ1) is 37.8. The predicted octanol–water partition coefficient (Wildman–Crippen LogP) is 18.4. The Bertz CT molecular complexity index is 2000. The van der Waals surface area contributed by atoms with E-state index in [9.17, 15) is 19.0 Å². The lowest BCUT2D eigenvalue weighted by atomic mass is 10.1. The molecule has 10 heteroatoms. The minimum atomic E-state index is -4.43. The molecule has 0 saturated heterocycles. The van der Waals surface area contributed by atoms with E-state index in [1.54, 1.807) is 6.08 Å². The number of esters is 2. The zero-order valence-corrected chi connectivity index (χ0v) is 48.2. The van der Waals surface area contributed by atoms with Crippen LogP contribution in [0.5, 0.6) is 0 Å². The van der Waals surface area contributed by atoms with Gasteiger partial charge in [0.1, 0.15) is 6.61 Å². The van der Waals surface area contributed by atoms with Gasteiger partial charge in [-0.15, -0.1) is 0 Å². The van der Waals surface area contributed by atoms with E-state index in [-0.39, 0.29) is 32.6 Å². The van der Waals surface area contributed by atoms with Crippen LogP contribution in [0.15, 0.2) is 207 Å². The van der Waals surface area contributed by atoms with Gasteiger partial charge in [-0.25, -0.2) is 4.57 Å². The fourth-order valence-corrected chi connectivity index (χ4v) is 7.33. The van der Waals surface area contributed by atoms with E-state index in [0.29, 0.717) is 12.8 Å². The van der Waals surface area contributed by atoms with E-state index in [1.165, 1.54) is 0 Å². The molecule has 0 amide bonds. The van der Waals surface area contributed by atoms with Crippen LogP contribution in [-0.2, 0) is 32.7 Å². The van der Waals surface area contributed by atoms with Crippen LogP contribution in [0.25, 0.3) is 0 Å². The van der Waals surface area contributed by atoms with Gasteiger partial charge in [-0.3, -0.25) is 18.6 Å². The fraction of sp³-hybridized carbons (Fsp3) is 0.463. The second kappa shape index (κ2) is 59.8. The molecule has 9 nitrogen and oxygen atoms in total. The summed E-state index contributed by atoms with van der Waals surface area (Å²) in [6.07, 6.45) is 93.5. The molecule has 426 valence electrons. The van der Waals surface area contributed by atoms with E-state index in [4.69, 9.17) is 24.3 Å².